The molecule has 2 aliphatic rings. The molecule has 0 aliphatic carbocycles. The maximum absolute atomic E-state index is 13.5. The smallest absolute Gasteiger partial charge is 0.263 e. The largest absolute Gasteiger partial charge is 0.303 e. The summed E-state index contributed by atoms with van der Waals surface area (Å²) in [4.78, 5) is 44.7. The van der Waals surface area contributed by atoms with Gasteiger partial charge in [-0.1, -0.05) is 36.5 Å². The van der Waals surface area contributed by atoms with Crippen LogP contribution in [0.1, 0.15) is 60.7 Å². The van der Waals surface area contributed by atoms with Crippen LogP contribution in [0.2, 0.25) is 0 Å². The van der Waals surface area contributed by atoms with Crippen LogP contribution in [0.3, 0.4) is 0 Å². The molecule has 0 saturated carbocycles. The average molecular weight is 483 g/mol. The van der Waals surface area contributed by atoms with Crippen molar-refractivity contribution in [2.75, 3.05) is 19.6 Å². The Labute approximate surface area is 210 Å². The Hall–Kier alpha value is -3.76. The van der Waals surface area contributed by atoms with Crippen molar-refractivity contribution in [1.29, 1.82) is 0 Å². The van der Waals surface area contributed by atoms with Gasteiger partial charge in [0.1, 0.15) is 11.9 Å². The molecule has 5 rings (SSSR count). The van der Waals surface area contributed by atoms with Gasteiger partial charge in [0.25, 0.3) is 5.56 Å². The minimum Gasteiger partial charge on any atom is -0.303 e. The Kier molecular flexibility index (Phi) is 6.97. The van der Waals surface area contributed by atoms with E-state index < -0.39 is 11.9 Å². The molecule has 7 heteroatoms. The quantitative estimate of drug-likeness (QED) is 0.456. The van der Waals surface area contributed by atoms with Crippen LogP contribution < -0.4 is 10.9 Å². The number of nitrogens with zero attached hydrogens (tertiary/aromatic N) is 3. The number of aryl methyl sites for hydroxylation is 1. The molecule has 2 aromatic carbocycles. The Morgan fingerprint density at radius 3 is 2.53 bits per heavy atom. The summed E-state index contributed by atoms with van der Waals surface area (Å²) >= 11 is 0. The van der Waals surface area contributed by atoms with Crippen LogP contribution in [0.25, 0.3) is 10.9 Å². The fraction of sp³-hybridized carbons (Fsp3) is 0.379. The number of carbonyl (C=O) groups excluding carboxylic acids is 2. The van der Waals surface area contributed by atoms with E-state index in [-0.39, 0.29) is 24.3 Å². The van der Waals surface area contributed by atoms with E-state index in [4.69, 9.17) is 0 Å². The van der Waals surface area contributed by atoms with Crippen LogP contribution in [0, 0.1) is 18.8 Å². The highest BCUT2D eigenvalue weighted by Crippen LogP contribution is 2.21. The molecule has 0 radical (unpaired) electrons. The van der Waals surface area contributed by atoms with E-state index in [0.717, 1.165) is 18.5 Å². The normalized spacial score (nSPS) is 18.5. The van der Waals surface area contributed by atoms with Crippen molar-refractivity contribution in [2.24, 2.45) is 0 Å². The van der Waals surface area contributed by atoms with Gasteiger partial charge in [-0.3, -0.25) is 24.3 Å². The van der Waals surface area contributed by atoms with E-state index in [2.05, 4.69) is 39.2 Å². The second-order valence-corrected chi connectivity index (χ2v) is 9.60. The molecule has 1 N–H and O–H groups in total. The predicted molar refractivity (Wildman–Crippen MR) is 139 cm³/mol. The first-order valence-corrected chi connectivity index (χ1v) is 12.7. The first-order valence-electron chi connectivity index (χ1n) is 12.7. The zero-order valence-corrected chi connectivity index (χ0v) is 20.5. The van der Waals surface area contributed by atoms with Crippen LogP contribution >= 0.6 is 0 Å². The maximum Gasteiger partial charge on any atom is 0.263 e. The van der Waals surface area contributed by atoms with Crippen molar-refractivity contribution in [1.82, 2.24) is 19.8 Å². The fourth-order valence-corrected chi connectivity index (χ4v) is 5.12. The first-order chi connectivity index (χ1) is 17.5. The van der Waals surface area contributed by atoms with Gasteiger partial charge in [-0.2, -0.15) is 0 Å². The number of aromatic nitrogens is 2. The summed E-state index contributed by atoms with van der Waals surface area (Å²) in [5.74, 6) is 5.98. The SMILES string of the molecule is Cc1nc2cccc(C#Cc3ccc(CCN4CCCCC4)cc3)c2c(=O)n1C1CCC(=O)NC1=O. The van der Waals surface area contributed by atoms with Gasteiger partial charge in [0.2, 0.25) is 11.8 Å². The molecule has 3 aromatic rings. The van der Waals surface area contributed by atoms with Gasteiger partial charge in [0, 0.05) is 24.1 Å². The number of imide groups is 1. The lowest BCUT2D eigenvalue weighted by Gasteiger charge is -2.26. The fourth-order valence-electron chi connectivity index (χ4n) is 5.12. The number of piperidine rings is 2. The topological polar surface area (TPSA) is 84.3 Å². The number of benzene rings is 2. The molecular formula is C29H30N4O3. The van der Waals surface area contributed by atoms with Gasteiger partial charge in [-0.15, -0.1) is 0 Å². The zero-order chi connectivity index (χ0) is 25.1. The third kappa shape index (κ3) is 5.09. The summed E-state index contributed by atoms with van der Waals surface area (Å²) in [6.07, 6.45) is 5.45. The molecule has 7 nitrogen and oxygen atoms in total. The third-order valence-electron chi connectivity index (χ3n) is 7.09. The molecule has 2 amide bonds. The molecule has 0 bridgehead atoms. The number of likely N-dealkylation sites (tertiary alicyclic amines) is 1. The van der Waals surface area contributed by atoms with Crippen molar-refractivity contribution in [3.8, 4) is 11.8 Å². The summed E-state index contributed by atoms with van der Waals surface area (Å²) < 4.78 is 1.40. The number of hydrogen-bond acceptors (Lipinski definition) is 5. The molecule has 2 fully saturated rings. The van der Waals surface area contributed by atoms with Crippen molar-refractivity contribution >= 4 is 22.7 Å². The Balaban J connectivity index is 1.40. The van der Waals surface area contributed by atoms with Crippen molar-refractivity contribution in [3.05, 3.63) is 75.3 Å². The van der Waals surface area contributed by atoms with Crippen LogP contribution in [-0.4, -0.2) is 45.9 Å². The zero-order valence-electron chi connectivity index (χ0n) is 20.5. The molecule has 1 atom stereocenters. The van der Waals surface area contributed by atoms with Gasteiger partial charge in [-0.25, -0.2) is 4.98 Å². The second kappa shape index (κ2) is 10.5. The first kappa shape index (κ1) is 24.0. The standard InChI is InChI=1S/C29H30N4O3/c1-20-30-24-7-5-6-23(27(24)29(36)33(20)25-14-15-26(34)31-28(25)35)13-12-21-8-10-22(11-9-21)16-19-32-17-3-2-4-18-32/h5-11,25H,2-4,14-19H2,1H3,(H,31,34,35). The molecule has 2 aliphatic heterocycles. The van der Waals surface area contributed by atoms with E-state index >= 15 is 0 Å². The van der Waals surface area contributed by atoms with E-state index in [9.17, 15) is 14.4 Å². The van der Waals surface area contributed by atoms with Crippen molar-refractivity contribution in [3.63, 3.8) is 0 Å². The highest BCUT2D eigenvalue weighted by Gasteiger charge is 2.30. The molecule has 36 heavy (non-hydrogen) atoms. The number of nitrogens with one attached hydrogen (secondary N) is 1. The van der Waals surface area contributed by atoms with Crippen LogP contribution in [0.15, 0.2) is 47.3 Å². The molecule has 3 heterocycles. The lowest BCUT2D eigenvalue weighted by molar-refractivity contribution is -0.135. The second-order valence-electron chi connectivity index (χ2n) is 9.60. The molecule has 1 unspecified atom stereocenters. The van der Waals surface area contributed by atoms with Crippen LogP contribution in [0.5, 0.6) is 0 Å². The minimum atomic E-state index is -0.759. The monoisotopic (exact) mass is 482 g/mol. The van der Waals surface area contributed by atoms with E-state index in [0.29, 0.717) is 22.3 Å². The van der Waals surface area contributed by atoms with E-state index in [1.807, 2.05) is 18.2 Å². The molecule has 184 valence electrons. The summed E-state index contributed by atoms with van der Waals surface area (Å²) in [5.41, 5.74) is 2.97. The average Bonchev–Trinajstić information content (AvgIpc) is 2.88. The van der Waals surface area contributed by atoms with Crippen LogP contribution in [-0.2, 0) is 16.0 Å². The Morgan fingerprint density at radius 2 is 1.78 bits per heavy atom. The van der Waals surface area contributed by atoms with Crippen molar-refractivity contribution in [2.45, 2.75) is 51.5 Å². The highest BCUT2D eigenvalue weighted by molar-refractivity contribution is 5.99. The van der Waals surface area contributed by atoms with Gasteiger partial charge < -0.3 is 4.90 Å². The maximum atomic E-state index is 13.5. The van der Waals surface area contributed by atoms with Crippen LogP contribution in [0.4, 0.5) is 0 Å². The molecule has 2 saturated heterocycles. The van der Waals surface area contributed by atoms with Gasteiger partial charge >= 0.3 is 0 Å². The number of hydrogen-bond donors (Lipinski definition) is 1. The molecule has 1 aromatic heterocycles. The minimum absolute atomic E-state index is 0.190. The van der Waals surface area contributed by atoms with Gasteiger partial charge in [0.15, 0.2) is 0 Å². The number of amides is 2. The number of fused-ring (bicyclic) bond motifs is 1. The van der Waals surface area contributed by atoms with E-state index in [1.54, 1.807) is 19.1 Å². The van der Waals surface area contributed by atoms with Crippen molar-refractivity contribution < 1.29 is 9.59 Å². The highest BCUT2D eigenvalue weighted by atomic mass is 16.2. The Bertz CT molecular complexity index is 1420. The predicted octanol–water partition coefficient (Wildman–Crippen LogP) is 3.11. The van der Waals surface area contributed by atoms with E-state index in [1.165, 1.54) is 42.5 Å². The molecular weight excluding hydrogens is 452 g/mol. The van der Waals surface area contributed by atoms with Gasteiger partial charge in [-0.05, 0) is 75.5 Å². The lowest BCUT2D eigenvalue weighted by Crippen LogP contribution is -2.45. The lowest BCUT2D eigenvalue weighted by atomic mass is 10.0. The summed E-state index contributed by atoms with van der Waals surface area (Å²) in [7, 11) is 0. The molecule has 0 spiro atoms. The summed E-state index contributed by atoms with van der Waals surface area (Å²) in [6, 6.07) is 12.9. The number of carbonyl (C=O) groups is 2. The van der Waals surface area contributed by atoms with Gasteiger partial charge in [0.05, 0.1) is 10.9 Å². The summed E-state index contributed by atoms with van der Waals surface area (Å²) in [6.45, 7) is 5.20. The number of rotatable bonds is 4. The third-order valence-corrected chi connectivity index (χ3v) is 7.09. The Morgan fingerprint density at radius 1 is 1.00 bits per heavy atom. The summed E-state index contributed by atoms with van der Waals surface area (Å²) in [5, 5.41) is 2.72.